The Balaban J connectivity index is 2.63. The van der Waals surface area contributed by atoms with Gasteiger partial charge in [0.05, 0.1) is 30.0 Å². The van der Waals surface area contributed by atoms with Crippen LogP contribution in [0.25, 0.3) is 16.6 Å². The van der Waals surface area contributed by atoms with E-state index < -0.39 is 13.1 Å². The van der Waals surface area contributed by atoms with E-state index in [2.05, 4.69) is 22.6 Å². The number of hydrogen-bond donors (Lipinski definition) is 0. The first-order valence-electron chi connectivity index (χ1n) is 10.1. The minimum Gasteiger partial charge on any atom is -0.303 e. The lowest BCUT2D eigenvalue weighted by atomic mass is 10.1. The molecule has 0 atom stereocenters. The zero-order chi connectivity index (χ0) is 23.7. The molecule has 172 valence electrons. The number of benzene rings is 2. The molecule has 0 aliphatic heterocycles. The lowest BCUT2D eigenvalue weighted by Gasteiger charge is -2.24. The Morgan fingerprint density at radius 2 is 1.66 bits per heavy atom. The van der Waals surface area contributed by atoms with E-state index in [1.165, 1.54) is 0 Å². The van der Waals surface area contributed by atoms with Crippen LogP contribution in [0.15, 0.2) is 41.4 Å². The Bertz CT molecular complexity index is 1260. The molecule has 10 heteroatoms. The maximum atomic E-state index is 14.0. The van der Waals surface area contributed by atoms with Crippen molar-refractivity contribution in [3.63, 3.8) is 0 Å². The van der Waals surface area contributed by atoms with Crippen molar-refractivity contribution in [2.75, 3.05) is 13.2 Å². The van der Waals surface area contributed by atoms with Crippen LogP contribution in [0.2, 0.25) is 10.0 Å². The van der Waals surface area contributed by atoms with Crippen LogP contribution in [0, 0.1) is 3.57 Å². The molecule has 0 fully saturated rings. The molecule has 1 heterocycles. The number of aromatic nitrogens is 2. The molecular weight excluding hydrogens is 583 g/mol. The average molecular weight is 608 g/mol. The molecule has 1 aromatic heterocycles. The smallest absolute Gasteiger partial charge is 0.303 e. The van der Waals surface area contributed by atoms with Gasteiger partial charge < -0.3 is 9.05 Å². The summed E-state index contributed by atoms with van der Waals surface area (Å²) in [5.74, 6) is 0. The zero-order valence-corrected chi connectivity index (χ0v) is 23.1. The van der Waals surface area contributed by atoms with E-state index in [0.717, 1.165) is 8.96 Å². The summed E-state index contributed by atoms with van der Waals surface area (Å²) in [6, 6.07) is 10.8. The highest BCUT2D eigenvalue weighted by atomic mass is 127. The van der Waals surface area contributed by atoms with Gasteiger partial charge in [-0.3, -0.25) is 14.1 Å². The third kappa shape index (κ3) is 5.57. The first-order chi connectivity index (χ1) is 15.0. The number of halogens is 3. The lowest BCUT2D eigenvalue weighted by Crippen LogP contribution is -2.38. The largest absolute Gasteiger partial charge is 0.397 e. The minimum absolute atomic E-state index is 0.152. The molecule has 0 unspecified atom stereocenters. The van der Waals surface area contributed by atoms with Crippen LogP contribution >= 0.6 is 53.4 Å². The van der Waals surface area contributed by atoms with E-state index in [9.17, 15) is 4.57 Å². The van der Waals surface area contributed by atoms with Crippen molar-refractivity contribution < 1.29 is 13.6 Å². The second-order valence-electron chi connectivity index (χ2n) is 7.94. The van der Waals surface area contributed by atoms with Crippen molar-refractivity contribution >= 4 is 69.9 Å². The molecule has 32 heavy (non-hydrogen) atoms. The van der Waals surface area contributed by atoms with Gasteiger partial charge in [-0.15, -0.1) is 0 Å². The highest BCUT2D eigenvalue weighted by Gasteiger charge is 2.34. The first-order valence-corrected chi connectivity index (χ1v) is 13.5. The second-order valence-corrected chi connectivity index (χ2v) is 11.9. The summed E-state index contributed by atoms with van der Waals surface area (Å²) >= 11 is 14.7. The van der Waals surface area contributed by atoms with Crippen LogP contribution in [0.3, 0.4) is 0 Å². The van der Waals surface area contributed by atoms with Gasteiger partial charge in [-0.25, -0.2) is 4.98 Å². The molecule has 2 aromatic carbocycles. The van der Waals surface area contributed by atoms with Crippen LogP contribution in [-0.2, 0) is 13.6 Å². The van der Waals surface area contributed by atoms with Gasteiger partial charge in [-0.1, -0.05) is 23.2 Å². The van der Waals surface area contributed by atoms with Crippen LogP contribution in [0.4, 0.5) is 0 Å². The van der Waals surface area contributed by atoms with Gasteiger partial charge in [0.1, 0.15) is 5.49 Å². The van der Waals surface area contributed by atoms with Crippen molar-refractivity contribution in [2.45, 2.75) is 40.2 Å². The lowest BCUT2D eigenvalue weighted by molar-refractivity contribution is 0.228. The van der Waals surface area contributed by atoms with Gasteiger partial charge in [0, 0.05) is 19.0 Å². The molecule has 0 amide bonds. The SMILES string of the molecule is CCOP(=O)(OCC)c1nc2ccc(Cl)cc2c(=NC(C)(C)C)n1-c1ccc(Cl)cc1I. The van der Waals surface area contributed by atoms with E-state index in [0.29, 0.717) is 26.7 Å². The predicted octanol–water partition coefficient (Wildman–Crippen LogP) is 6.53. The topological polar surface area (TPSA) is 65.7 Å². The van der Waals surface area contributed by atoms with Gasteiger partial charge >= 0.3 is 7.60 Å². The summed E-state index contributed by atoms with van der Waals surface area (Å²) in [7, 11) is -3.79. The molecule has 0 N–H and O–H groups in total. The average Bonchev–Trinajstić information content (AvgIpc) is 2.68. The Morgan fingerprint density at radius 1 is 1.06 bits per heavy atom. The normalized spacial score (nSPS) is 13.2. The molecule has 6 nitrogen and oxygen atoms in total. The zero-order valence-electron chi connectivity index (χ0n) is 18.5. The summed E-state index contributed by atoms with van der Waals surface area (Å²) < 4.78 is 28.0. The molecule has 3 aromatic rings. The highest BCUT2D eigenvalue weighted by Crippen LogP contribution is 2.46. The fraction of sp³-hybridized carbons (Fsp3) is 0.364. The fourth-order valence-corrected chi connectivity index (χ4v) is 6.09. The van der Waals surface area contributed by atoms with Gasteiger partial charge in [0.25, 0.3) is 0 Å². The third-order valence-electron chi connectivity index (χ3n) is 4.27. The van der Waals surface area contributed by atoms with Crippen LogP contribution < -0.4 is 11.1 Å². The number of fused-ring (bicyclic) bond motifs is 1. The second kappa shape index (κ2) is 10.1. The third-order valence-corrected chi connectivity index (χ3v) is 7.59. The maximum Gasteiger partial charge on any atom is 0.397 e. The van der Waals surface area contributed by atoms with E-state index in [4.69, 9.17) is 42.2 Å². The predicted molar refractivity (Wildman–Crippen MR) is 140 cm³/mol. The molecule has 0 radical (unpaired) electrons. The molecule has 0 aliphatic rings. The molecule has 3 rings (SSSR count). The summed E-state index contributed by atoms with van der Waals surface area (Å²) in [6.45, 7) is 9.90. The molecule has 0 spiro atoms. The van der Waals surface area contributed by atoms with E-state index >= 15 is 0 Å². The number of hydrogen-bond acceptors (Lipinski definition) is 5. The van der Waals surface area contributed by atoms with Crippen molar-refractivity contribution in [1.29, 1.82) is 0 Å². The van der Waals surface area contributed by atoms with Crippen LogP contribution in [0.5, 0.6) is 0 Å². The summed E-state index contributed by atoms with van der Waals surface area (Å²) in [5, 5.41) is 1.86. The molecular formula is C22H25Cl2IN3O3P. The van der Waals surface area contributed by atoms with Gasteiger partial charge in [-0.05, 0) is 93.6 Å². The summed E-state index contributed by atoms with van der Waals surface area (Å²) in [4.78, 5) is 9.74. The molecule has 0 saturated carbocycles. The van der Waals surface area contributed by atoms with Gasteiger partial charge in [-0.2, -0.15) is 0 Å². The van der Waals surface area contributed by atoms with E-state index in [1.807, 2.05) is 39.0 Å². The van der Waals surface area contributed by atoms with Crippen molar-refractivity contribution in [1.82, 2.24) is 9.55 Å². The Hall–Kier alpha value is -0.960. The molecule has 0 aliphatic carbocycles. The fourth-order valence-electron chi connectivity index (χ4n) is 3.15. The Labute approximate surface area is 211 Å². The van der Waals surface area contributed by atoms with Crippen LogP contribution in [-0.4, -0.2) is 28.3 Å². The van der Waals surface area contributed by atoms with E-state index in [-0.39, 0.29) is 18.8 Å². The van der Waals surface area contributed by atoms with Crippen molar-refractivity contribution in [3.8, 4) is 5.69 Å². The first kappa shape index (κ1) is 25.7. The van der Waals surface area contributed by atoms with Gasteiger partial charge in [0.15, 0.2) is 0 Å². The summed E-state index contributed by atoms with van der Waals surface area (Å²) in [6.07, 6.45) is 0. The van der Waals surface area contributed by atoms with Gasteiger partial charge in [0.2, 0.25) is 5.57 Å². The van der Waals surface area contributed by atoms with Crippen LogP contribution in [0.1, 0.15) is 34.6 Å². The van der Waals surface area contributed by atoms with Crippen molar-refractivity contribution in [2.24, 2.45) is 4.99 Å². The summed E-state index contributed by atoms with van der Waals surface area (Å²) in [5.41, 5.74) is 1.56. The number of nitrogens with zero attached hydrogens (tertiary/aromatic N) is 3. The molecule has 0 bridgehead atoms. The quantitative estimate of drug-likeness (QED) is 0.236. The van der Waals surface area contributed by atoms with Crippen molar-refractivity contribution in [3.05, 3.63) is 55.5 Å². The number of rotatable bonds is 6. The molecule has 0 saturated heterocycles. The Morgan fingerprint density at radius 3 is 2.22 bits per heavy atom. The standard InChI is InChI=1S/C22H25Cl2IN3O3P/c1-6-30-32(29,31-7-2)21-26-18-10-8-14(23)12-16(18)20(27-22(3,4)5)28(21)19-11-9-15(24)13-17(19)25/h8-13H,6-7H2,1-5H3. The maximum absolute atomic E-state index is 14.0. The monoisotopic (exact) mass is 607 g/mol. The van der Waals surface area contributed by atoms with E-state index in [1.54, 1.807) is 36.6 Å². The minimum atomic E-state index is -3.79. The Kier molecular flexibility index (Phi) is 8.11. The highest BCUT2D eigenvalue weighted by molar-refractivity contribution is 14.1.